The average Bonchev–Trinajstić information content (AvgIpc) is 2.16. The van der Waals surface area contributed by atoms with Gasteiger partial charge in [-0.2, -0.15) is 0 Å². The predicted molar refractivity (Wildman–Crippen MR) is 52.6 cm³/mol. The molecule has 0 radical (unpaired) electrons. The van der Waals surface area contributed by atoms with E-state index >= 15 is 0 Å². The van der Waals surface area contributed by atoms with E-state index in [2.05, 4.69) is 10.3 Å². The second-order valence-corrected chi connectivity index (χ2v) is 3.34. The molecule has 1 rings (SSSR count). The fourth-order valence-electron chi connectivity index (χ4n) is 0.868. The normalized spacial score (nSPS) is 12.8. The van der Waals surface area contributed by atoms with Crippen molar-refractivity contribution in [3.63, 3.8) is 0 Å². The maximum absolute atomic E-state index is 8.76. The van der Waals surface area contributed by atoms with E-state index in [1.807, 2.05) is 13.0 Å². The van der Waals surface area contributed by atoms with Crippen LogP contribution in [0.1, 0.15) is 12.5 Å². The Morgan fingerprint density at radius 3 is 2.92 bits per heavy atom. The van der Waals surface area contributed by atoms with Gasteiger partial charge < -0.3 is 10.4 Å². The van der Waals surface area contributed by atoms with E-state index in [-0.39, 0.29) is 12.6 Å². The molecule has 3 nitrogen and oxygen atoms in total. The van der Waals surface area contributed by atoms with Crippen molar-refractivity contribution in [1.82, 2.24) is 10.3 Å². The van der Waals surface area contributed by atoms with Gasteiger partial charge in [0, 0.05) is 18.8 Å². The topological polar surface area (TPSA) is 45.1 Å². The van der Waals surface area contributed by atoms with Gasteiger partial charge in [-0.25, -0.2) is 4.98 Å². The lowest BCUT2D eigenvalue weighted by molar-refractivity contribution is 0.251. The van der Waals surface area contributed by atoms with Crippen LogP contribution in [0.15, 0.2) is 18.3 Å². The van der Waals surface area contributed by atoms with Crippen LogP contribution in [0.4, 0.5) is 0 Å². The summed E-state index contributed by atoms with van der Waals surface area (Å²) in [5.74, 6) is 0. The third-order valence-corrected chi connectivity index (χ3v) is 1.94. The third kappa shape index (κ3) is 3.72. The molecule has 4 heteroatoms. The summed E-state index contributed by atoms with van der Waals surface area (Å²) in [5.41, 5.74) is 1.06. The fraction of sp³-hybridized carbons (Fsp3) is 0.444. The van der Waals surface area contributed by atoms with Crippen LogP contribution in [-0.2, 0) is 6.54 Å². The maximum Gasteiger partial charge on any atom is 0.129 e. The molecule has 0 aliphatic heterocycles. The molecule has 0 saturated carbocycles. The highest BCUT2D eigenvalue weighted by atomic mass is 35.5. The molecule has 0 bridgehead atoms. The fourth-order valence-corrected chi connectivity index (χ4v) is 0.979. The monoisotopic (exact) mass is 200 g/mol. The van der Waals surface area contributed by atoms with Crippen LogP contribution in [0, 0.1) is 0 Å². The van der Waals surface area contributed by atoms with Gasteiger partial charge >= 0.3 is 0 Å². The number of nitrogens with one attached hydrogen (secondary N) is 1. The van der Waals surface area contributed by atoms with Crippen molar-refractivity contribution in [2.75, 3.05) is 6.61 Å². The van der Waals surface area contributed by atoms with Crippen molar-refractivity contribution >= 4 is 11.6 Å². The number of aliphatic hydroxyl groups excluding tert-OH is 1. The van der Waals surface area contributed by atoms with Gasteiger partial charge in [-0.05, 0) is 18.6 Å². The Morgan fingerprint density at radius 2 is 2.38 bits per heavy atom. The van der Waals surface area contributed by atoms with Gasteiger partial charge in [0.15, 0.2) is 0 Å². The number of hydrogen-bond donors (Lipinski definition) is 2. The number of halogens is 1. The van der Waals surface area contributed by atoms with Crippen LogP contribution in [0.25, 0.3) is 0 Å². The molecule has 72 valence electrons. The van der Waals surface area contributed by atoms with E-state index in [9.17, 15) is 0 Å². The first-order valence-electron chi connectivity index (χ1n) is 4.17. The summed E-state index contributed by atoms with van der Waals surface area (Å²) in [7, 11) is 0. The van der Waals surface area contributed by atoms with E-state index in [1.165, 1.54) is 0 Å². The van der Waals surface area contributed by atoms with Crippen molar-refractivity contribution in [1.29, 1.82) is 0 Å². The number of hydrogen-bond acceptors (Lipinski definition) is 3. The summed E-state index contributed by atoms with van der Waals surface area (Å²) >= 11 is 5.63. The van der Waals surface area contributed by atoms with Crippen LogP contribution < -0.4 is 5.32 Å². The smallest absolute Gasteiger partial charge is 0.129 e. The van der Waals surface area contributed by atoms with Crippen molar-refractivity contribution < 1.29 is 5.11 Å². The SMILES string of the molecule is C[C@@H](CO)NCc1ccc(Cl)nc1. The summed E-state index contributed by atoms with van der Waals surface area (Å²) in [4.78, 5) is 3.95. The second kappa shape index (κ2) is 5.17. The Kier molecular flexibility index (Phi) is 4.15. The molecule has 1 heterocycles. The van der Waals surface area contributed by atoms with Gasteiger partial charge in [0.1, 0.15) is 5.15 Å². The lowest BCUT2D eigenvalue weighted by Gasteiger charge is -2.09. The molecule has 2 N–H and O–H groups in total. The number of aromatic nitrogens is 1. The minimum atomic E-state index is 0.107. The van der Waals surface area contributed by atoms with Crippen molar-refractivity contribution in [2.45, 2.75) is 19.5 Å². The summed E-state index contributed by atoms with van der Waals surface area (Å²) in [6.45, 7) is 2.76. The molecule has 0 aliphatic carbocycles. The van der Waals surface area contributed by atoms with Crippen LogP contribution in [0.2, 0.25) is 5.15 Å². The van der Waals surface area contributed by atoms with Crippen LogP contribution in [0.3, 0.4) is 0 Å². The van der Waals surface area contributed by atoms with E-state index in [0.717, 1.165) is 5.56 Å². The zero-order valence-electron chi connectivity index (χ0n) is 7.50. The molecular formula is C9H13ClN2O. The van der Waals surface area contributed by atoms with Gasteiger partial charge in [-0.15, -0.1) is 0 Å². The molecule has 0 fully saturated rings. The summed E-state index contributed by atoms with van der Waals surface area (Å²) in [5, 5.41) is 12.4. The highest BCUT2D eigenvalue weighted by Gasteiger charge is 1.98. The minimum absolute atomic E-state index is 0.107. The van der Waals surface area contributed by atoms with Gasteiger partial charge in [0.05, 0.1) is 6.61 Å². The lowest BCUT2D eigenvalue weighted by Crippen LogP contribution is -2.28. The lowest BCUT2D eigenvalue weighted by atomic mass is 10.2. The first-order valence-corrected chi connectivity index (χ1v) is 4.55. The largest absolute Gasteiger partial charge is 0.395 e. The number of aliphatic hydroxyl groups is 1. The minimum Gasteiger partial charge on any atom is -0.395 e. The standard InChI is InChI=1S/C9H13ClN2O/c1-7(6-13)11-4-8-2-3-9(10)12-5-8/h2-3,5,7,11,13H,4,6H2,1H3/t7-/m0/s1. The molecule has 0 aliphatic rings. The molecule has 0 amide bonds. The van der Waals surface area contributed by atoms with E-state index in [0.29, 0.717) is 11.7 Å². The molecular weight excluding hydrogens is 188 g/mol. The zero-order chi connectivity index (χ0) is 9.68. The first-order chi connectivity index (χ1) is 6.22. The molecule has 1 aromatic heterocycles. The Labute approximate surface area is 82.8 Å². The Bertz CT molecular complexity index is 250. The van der Waals surface area contributed by atoms with E-state index in [4.69, 9.17) is 16.7 Å². The molecule has 0 unspecified atom stereocenters. The number of rotatable bonds is 4. The van der Waals surface area contributed by atoms with Crippen LogP contribution >= 0.6 is 11.6 Å². The highest BCUT2D eigenvalue weighted by molar-refractivity contribution is 6.29. The Balaban J connectivity index is 2.41. The van der Waals surface area contributed by atoms with Crippen molar-refractivity contribution in [2.24, 2.45) is 0 Å². The quantitative estimate of drug-likeness (QED) is 0.719. The summed E-state index contributed by atoms with van der Waals surface area (Å²) < 4.78 is 0. The van der Waals surface area contributed by atoms with Gasteiger partial charge in [0.2, 0.25) is 0 Å². The van der Waals surface area contributed by atoms with Gasteiger partial charge in [0.25, 0.3) is 0 Å². The molecule has 0 saturated heterocycles. The maximum atomic E-state index is 8.76. The Morgan fingerprint density at radius 1 is 1.62 bits per heavy atom. The molecule has 0 spiro atoms. The molecule has 0 aromatic carbocycles. The summed E-state index contributed by atoms with van der Waals surface area (Å²) in [6.07, 6.45) is 1.72. The first kappa shape index (κ1) is 10.4. The average molecular weight is 201 g/mol. The summed E-state index contributed by atoms with van der Waals surface area (Å²) in [6, 6.07) is 3.77. The van der Waals surface area contributed by atoms with Crippen molar-refractivity contribution in [3.05, 3.63) is 29.0 Å². The van der Waals surface area contributed by atoms with E-state index < -0.39 is 0 Å². The predicted octanol–water partition coefficient (Wildman–Crippen LogP) is 1.21. The third-order valence-electron chi connectivity index (χ3n) is 1.72. The van der Waals surface area contributed by atoms with Crippen LogP contribution in [0.5, 0.6) is 0 Å². The number of nitrogens with zero attached hydrogens (tertiary/aromatic N) is 1. The van der Waals surface area contributed by atoms with Gasteiger partial charge in [-0.3, -0.25) is 0 Å². The molecule has 1 aromatic rings. The van der Waals surface area contributed by atoms with E-state index in [1.54, 1.807) is 12.3 Å². The van der Waals surface area contributed by atoms with Gasteiger partial charge in [-0.1, -0.05) is 17.7 Å². The Hall–Kier alpha value is -0.640. The molecule has 13 heavy (non-hydrogen) atoms. The zero-order valence-corrected chi connectivity index (χ0v) is 8.25. The van der Waals surface area contributed by atoms with Crippen molar-refractivity contribution in [3.8, 4) is 0 Å². The van der Waals surface area contributed by atoms with Crippen LogP contribution in [-0.4, -0.2) is 22.7 Å². The second-order valence-electron chi connectivity index (χ2n) is 2.95. The highest BCUT2D eigenvalue weighted by Crippen LogP contribution is 2.04. The number of pyridine rings is 1. The molecule has 1 atom stereocenters.